The molecule has 0 bridgehead atoms. The highest BCUT2D eigenvalue weighted by molar-refractivity contribution is 14.1. The fourth-order valence-corrected chi connectivity index (χ4v) is 7.81. The van der Waals surface area contributed by atoms with Gasteiger partial charge in [0.2, 0.25) is 0 Å². The summed E-state index contributed by atoms with van der Waals surface area (Å²) >= 11 is 6.24. The van der Waals surface area contributed by atoms with Gasteiger partial charge in [-0.1, -0.05) is 51.6 Å². The standard InChI is InChI=1S/C29H30I2N2O2S/c1-5-13-35-26-22(30)14-18(15-23(26)31)17-32-28-25(27(34)33-20-9-7-6-8-10-20)21-12-11-19(29(2,3)4)16-24(21)36-28/h5-10,14-15,17,19H,1,11-13,16H2,2-4H3,(H,33,34)/t19-/m0/s1. The first kappa shape index (κ1) is 27.3. The van der Waals surface area contributed by atoms with Gasteiger partial charge in [0, 0.05) is 16.8 Å². The van der Waals surface area contributed by atoms with Gasteiger partial charge >= 0.3 is 0 Å². The number of aliphatic imine (C=N–C) groups is 1. The van der Waals surface area contributed by atoms with Crippen LogP contribution < -0.4 is 10.1 Å². The largest absolute Gasteiger partial charge is 0.487 e. The Morgan fingerprint density at radius 1 is 1.22 bits per heavy atom. The van der Waals surface area contributed by atoms with Gasteiger partial charge < -0.3 is 10.1 Å². The maximum absolute atomic E-state index is 13.5. The van der Waals surface area contributed by atoms with E-state index in [0.29, 0.717) is 12.5 Å². The minimum Gasteiger partial charge on any atom is -0.487 e. The lowest BCUT2D eigenvalue weighted by Crippen LogP contribution is -2.27. The summed E-state index contributed by atoms with van der Waals surface area (Å²) in [4.78, 5) is 19.7. The normalized spacial score (nSPS) is 15.5. The third-order valence-electron chi connectivity index (χ3n) is 6.43. The molecule has 1 aliphatic rings. The van der Waals surface area contributed by atoms with E-state index in [1.54, 1.807) is 17.4 Å². The van der Waals surface area contributed by atoms with Crippen molar-refractivity contribution in [3.63, 3.8) is 0 Å². The second kappa shape index (κ2) is 11.8. The molecule has 1 aromatic heterocycles. The Bertz CT molecular complexity index is 1270. The Balaban J connectivity index is 1.69. The van der Waals surface area contributed by atoms with E-state index in [1.807, 2.05) is 36.5 Å². The number of fused-ring (bicyclic) bond motifs is 1. The quantitative estimate of drug-likeness (QED) is 0.151. The molecular formula is C29H30I2N2O2S. The van der Waals surface area contributed by atoms with Crippen LogP contribution in [0.5, 0.6) is 5.75 Å². The summed E-state index contributed by atoms with van der Waals surface area (Å²) in [6.45, 7) is 11.1. The number of carbonyl (C=O) groups is 1. The topological polar surface area (TPSA) is 50.7 Å². The van der Waals surface area contributed by atoms with E-state index in [0.717, 1.165) is 54.0 Å². The van der Waals surface area contributed by atoms with Crippen molar-refractivity contribution in [2.45, 2.75) is 40.0 Å². The first-order chi connectivity index (χ1) is 17.2. The van der Waals surface area contributed by atoms with Gasteiger partial charge in [-0.05, 0) is 111 Å². The van der Waals surface area contributed by atoms with Gasteiger partial charge in [0.15, 0.2) is 0 Å². The number of nitrogens with one attached hydrogen (secondary N) is 1. The van der Waals surface area contributed by atoms with Crippen molar-refractivity contribution in [1.29, 1.82) is 0 Å². The number of hydrogen-bond donors (Lipinski definition) is 1. The average Bonchev–Trinajstić information content (AvgIpc) is 3.20. The van der Waals surface area contributed by atoms with Crippen molar-refractivity contribution in [1.82, 2.24) is 0 Å². The van der Waals surface area contributed by atoms with Crippen LogP contribution in [0.15, 0.2) is 60.1 Å². The molecule has 4 nitrogen and oxygen atoms in total. The van der Waals surface area contributed by atoms with Gasteiger partial charge in [0.25, 0.3) is 5.91 Å². The van der Waals surface area contributed by atoms with Crippen LogP contribution in [-0.2, 0) is 12.8 Å². The van der Waals surface area contributed by atoms with Crippen LogP contribution in [-0.4, -0.2) is 18.7 Å². The van der Waals surface area contributed by atoms with Gasteiger partial charge in [-0.2, -0.15) is 0 Å². The van der Waals surface area contributed by atoms with E-state index in [2.05, 4.69) is 90.0 Å². The Hall–Kier alpha value is -1.72. The minimum atomic E-state index is -0.0857. The first-order valence-electron chi connectivity index (χ1n) is 11.9. The number of amides is 1. The predicted octanol–water partition coefficient (Wildman–Crippen LogP) is 8.68. The van der Waals surface area contributed by atoms with Gasteiger partial charge in [-0.15, -0.1) is 11.3 Å². The van der Waals surface area contributed by atoms with E-state index >= 15 is 0 Å². The number of nitrogens with zero attached hydrogens (tertiary/aromatic N) is 1. The molecule has 1 heterocycles. The number of rotatable bonds is 7. The molecule has 1 aliphatic carbocycles. The van der Waals surface area contributed by atoms with E-state index < -0.39 is 0 Å². The summed E-state index contributed by atoms with van der Waals surface area (Å²) in [5.41, 5.74) is 3.89. The molecule has 1 amide bonds. The minimum absolute atomic E-state index is 0.0857. The van der Waals surface area contributed by atoms with Crippen LogP contribution in [0.25, 0.3) is 0 Å². The smallest absolute Gasteiger partial charge is 0.259 e. The number of benzene rings is 2. The molecule has 1 atom stereocenters. The molecule has 7 heteroatoms. The predicted molar refractivity (Wildman–Crippen MR) is 169 cm³/mol. The first-order valence-corrected chi connectivity index (χ1v) is 14.9. The molecule has 0 spiro atoms. The monoisotopic (exact) mass is 724 g/mol. The molecule has 0 radical (unpaired) electrons. The lowest BCUT2D eigenvalue weighted by Gasteiger charge is -2.33. The van der Waals surface area contributed by atoms with Gasteiger partial charge in [0.1, 0.15) is 17.4 Å². The van der Waals surface area contributed by atoms with Crippen molar-refractivity contribution in [2.24, 2.45) is 16.3 Å². The van der Waals surface area contributed by atoms with Gasteiger partial charge in [-0.25, -0.2) is 4.99 Å². The van der Waals surface area contributed by atoms with Crippen molar-refractivity contribution >= 4 is 79.3 Å². The third kappa shape index (κ3) is 6.39. The number of anilines is 1. The molecule has 2 aromatic carbocycles. The second-order valence-corrected chi connectivity index (χ2v) is 13.4. The molecule has 0 aliphatic heterocycles. The lowest BCUT2D eigenvalue weighted by atomic mass is 9.72. The van der Waals surface area contributed by atoms with Crippen LogP contribution in [0.3, 0.4) is 0 Å². The van der Waals surface area contributed by atoms with Crippen LogP contribution in [0.4, 0.5) is 10.7 Å². The van der Waals surface area contributed by atoms with Crippen LogP contribution in [0.1, 0.15) is 53.6 Å². The molecule has 4 rings (SSSR count). The Labute approximate surface area is 244 Å². The van der Waals surface area contributed by atoms with E-state index in [1.165, 1.54) is 10.4 Å². The number of ether oxygens (including phenoxy) is 1. The van der Waals surface area contributed by atoms with Gasteiger partial charge in [0.05, 0.1) is 12.7 Å². The summed E-state index contributed by atoms with van der Waals surface area (Å²) in [6, 6.07) is 13.7. The highest BCUT2D eigenvalue weighted by Crippen LogP contribution is 2.45. The van der Waals surface area contributed by atoms with E-state index in [9.17, 15) is 4.79 Å². The molecule has 1 N–H and O–H groups in total. The Kier molecular flexibility index (Phi) is 8.93. The molecular weight excluding hydrogens is 694 g/mol. The number of carbonyl (C=O) groups excluding carboxylic acids is 1. The van der Waals surface area contributed by atoms with Crippen molar-refractivity contribution < 1.29 is 9.53 Å². The SMILES string of the molecule is C=CCOc1c(I)cc(C=Nc2sc3c(c2C(=O)Nc2ccccc2)CC[C@H](C(C)(C)C)C3)cc1I. The van der Waals surface area contributed by atoms with Crippen molar-refractivity contribution in [3.05, 3.63) is 83.8 Å². The zero-order valence-corrected chi connectivity index (χ0v) is 25.9. The van der Waals surface area contributed by atoms with Crippen LogP contribution in [0.2, 0.25) is 0 Å². The molecule has 36 heavy (non-hydrogen) atoms. The molecule has 0 fully saturated rings. The molecule has 0 saturated heterocycles. The molecule has 188 valence electrons. The Morgan fingerprint density at radius 2 is 1.92 bits per heavy atom. The van der Waals surface area contributed by atoms with Crippen molar-refractivity contribution in [3.8, 4) is 5.75 Å². The number of halogens is 2. The fourth-order valence-electron chi connectivity index (χ4n) is 4.42. The van der Waals surface area contributed by atoms with Crippen LogP contribution in [0, 0.1) is 18.5 Å². The summed E-state index contributed by atoms with van der Waals surface area (Å²) in [7, 11) is 0. The summed E-state index contributed by atoms with van der Waals surface area (Å²) in [5.74, 6) is 1.37. The number of thiophene rings is 1. The zero-order valence-electron chi connectivity index (χ0n) is 20.7. The highest BCUT2D eigenvalue weighted by Gasteiger charge is 2.33. The maximum atomic E-state index is 13.5. The molecule has 3 aromatic rings. The molecule has 0 saturated carbocycles. The highest BCUT2D eigenvalue weighted by atomic mass is 127. The van der Waals surface area contributed by atoms with Crippen LogP contribution >= 0.6 is 56.5 Å². The molecule has 0 unspecified atom stereocenters. The number of hydrogen-bond acceptors (Lipinski definition) is 4. The third-order valence-corrected chi connectivity index (χ3v) is 9.19. The fraction of sp³-hybridized carbons (Fsp3) is 0.310. The van der Waals surface area contributed by atoms with Crippen molar-refractivity contribution in [2.75, 3.05) is 11.9 Å². The zero-order chi connectivity index (χ0) is 25.9. The average molecular weight is 724 g/mol. The summed E-state index contributed by atoms with van der Waals surface area (Å²) < 4.78 is 7.84. The Morgan fingerprint density at radius 3 is 2.56 bits per heavy atom. The lowest BCUT2D eigenvalue weighted by molar-refractivity contribution is 0.102. The summed E-state index contributed by atoms with van der Waals surface area (Å²) in [6.07, 6.45) is 6.60. The maximum Gasteiger partial charge on any atom is 0.259 e. The number of para-hydroxylation sites is 1. The van der Waals surface area contributed by atoms with E-state index in [-0.39, 0.29) is 11.3 Å². The van der Waals surface area contributed by atoms with E-state index in [4.69, 9.17) is 9.73 Å². The van der Waals surface area contributed by atoms with Gasteiger partial charge in [-0.3, -0.25) is 4.79 Å². The summed E-state index contributed by atoms with van der Waals surface area (Å²) in [5, 5.41) is 3.86. The second-order valence-electron chi connectivity index (χ2n) is 9.98.